The van der Waals surface area contributed by atoms with Gasteiger partial charge in [-0.2, -0.15) is 0 Å². The monoisotopic (exact) mass is 793 g/mol. The molecular weight excluding hydrogens is 743 g/mol. The summed E-state index contributed by atoms with van der Waals surface area (Å²) in [5, 5.41) is 43.7. The van der Waals surface area contributed by atoms with Crippen LogP contribution in [0.15, 0.2) is 72.8 Å². The van der Waals surface area contributed by atoms with Gasteiger partial charge in [0.1, 0.15) is 11.5 Å². The summed E-state index contributed by atoms with van der Waals surface area (Å²) in [5.41, 5.74) is 1.36. The fraction of sp³-hybridized carbons (Fsp3) is 0.364. The third-order valence-corrected chi connectivity index (χ3v) is 8.50. The van der Waals surface area contributed by atoms with Gasteiger partial charge < -0.3 is 29.9 Å². The number of hydrogen-bond acceptors (Lipinski definition) is 8. The predicted octanol–water partition coefficient (Wildman–Crippen LogP) is 8.54. The molecule has 11 heteroatoms. The van der Waals surface area contributed by atoms with Gasteiger partial charge in [-0.1, -0.05) is 83.1 Å². The molecule has 1 radical (unpaired) electrons. The zero-order chi connectivity index (χ0) is 41.1. The Bertz CT molecular complexity index is 1820. The van der Waals surface area contributed by atoms with Crippen LogP contribution in [-0.4, -0.2) is 34.1 Å². The van der Waals surface area contributed by atoms with Gasteiger partial charge in [-0.05, 0) is 117 Å². The van der Waals surface area contributed by atoms with Gasteiger partial charge in [0.25, 0.3) is 0 Å². The van der Waals surface area contributed by atoms with Crippen molar-refractivity contribution in [3.63, 3.8) is 0 Å². The maximum Gasteiger partial charge on any atom is 2.00 e. The molecule has 0 amide bonds. The first-order chi connectivity index (χ1) is 24.6. The Morgan fingerprint density at radius 3 is 0.836 bits per heavy atom. The van der Waals surface area contributed by atoms with E-state index in [1.54, 1.807) is 24.3 Å². The van der Waals surface area contributed by atoms with Gasteiger partial charge in [-0.25, -0.2) is 19.2 Å². The molecule has 55 heavy (non-hydrogen) atoms. The van der Waals surface area contributed by atoms with Crippen molar-refractivity contribution in [2.24, 2.45) is 0 Å². The van der Waals surface area contributed by atoms with Crippen molar-refractivity contribution >= 4 is 23.9 Å². The first-order valence-corrected chi connectivity index (χ1v) is 17.4. The molecular formula is C44H50MnO10. The van der Waals surface area contributed by atoms with Crippen LogP contribution < -0.4 is 19.7 Å². The molecule has 0 unspecified atom stereocenters. The van der Waals surface area contributed by atoms with E-state index in [9.17, 15) is 29.4 Å². The van der Waals surface area contributed by atoms with Crippen LogP contribution in [-0.2, 0) is 38.7 Å². The fourth-order valence-electron chi connectivity index (χ4n) is 5.38. The van der Waals surface area contributed by atoms with E-state index < -0.39 is 45.5 Å². The van der Waals surface area contributed by atoms with Gasteiger partial charge in [-0.15, -0.1) is 11.5 Å². The Kier molecular flexibility index (Phi) is 14.3. The standard InChI is InChI=1S/2C22H26O5.Mn/c2*1-21(2,3)16-11-14(12-17(18(16)23)22(4,5)6)20(26)27-15-9-7-13(8-10-15)19(24)25;/h2*7-12,23H,1-6H3,(H,24,25);/q;;+2/p-2. The van der Waals surface area contributed by atoms with Crippen LogP contribution in [0.2, 0.25) is 0 Å². The van der Waals surface area contributed by atoms with E-state index in [4.69, 9.17) is 19.7 Å². The Labute approximate surface area is 334 Å². The van der Waals surface area contributed by atoms with Crippen LogP contribution in [0.1, 0.15) is 147 Å². The average molecular weight is 794 g/mol. The molecule has 0 aliphatic rings. The average Bonchev–Trinajstić information content (AvgIpc) is 3.03. The summed E-state index contributed by atoms with van der Waals surface area (Å²) >= 11 is 0. The van der Waals surface area contributed by atoms with Crippen molar-refractivity contribution in [1.82, 2.24) is 0 Å². The predicted molar refractivity (Wildman–Crippen MR) is 203 cm³/mol. The minimum atomic E-state index is -1.05. The van der Waals surface area contributed by atoms with Crippen LogP contribution in [0.3, 0.4) is 0 Å². The second-order valence-corrected chi connectivity index (χ2v) is 17.2. The molecule has 0 bridgehead atoms. The summed E-state index contributed by atoms with van der Waals surface area (Å²) < 4.78 is 10.8. The largest absolute Gasteiger partial charge is 2.00 e. The smallest absolute Gasteiger partial charge is 0.872 e. The van der Waals surface area contributed by atoms with Crippen LogP contribution in [0.5, 0.6) is 23.0 Å². The zero-order valence-electron chi connectivity index (χ0n) is 33.5. The van der Waals surface area contributed by atoms with Gasteiger partial charge in [0.15, 0.2) is 0 Å². The fourth-order valence-corrected chi connectivity index (χ4v) is 5.38. The van der Waals surface area contributed by atoms with Gasteiger partial charge in [0, 0.05) is 0 Å². The molecule has 0 heterocycles. The molecule has 0 fully saturated rings. The van der Waals surface area contributed by atoms with E-state index in [1.807, 2.05) is 83.1 Å². The normalized spacial score (nSPS) is 11.7. The number of rotatable bonds is 6. The molecule has 0 aliphatic carbocycles. The summed E-state index contributed by atoms with van der Waals surface area (Å²) in [7, 11) is 0. The minimum Gasteiger partial charge on any atom is -0.872 e. The molecule has 4 rings (SSSR count). The molecule has 0 atom stereocenters. The third-order valence-electron chi connectivity index (χ3n) is 8.50. The molecule has 0 spiro atoms. The van der Waals surface area contributed by atoms with E-state index in [1.165, 1.54) is 48.5 Å². The van der Waals surface area contributed by atoms with E-state index >= 15 is 0 Å². The van der Waals surface area contributed by atoms with Gasteiger partial charge in [0.2, 0.25) is 0 Å². The number of carbonyl (C=O) groups is 4. The number of carboxylic acids is 2. The van der Waals surface area contributed by atoms with Crippen molar-refractivity contribution in [2.45, 2.75) is 105 Å². The first kappa shape index (κ1) is 46.0. The summed E-state index contributed by atoms with van der Waals surface area (Å²) in [6.45, 7) is 23.1. The summed E-state index contributed by atoms with van der Waals surface area (Å²) in [6.07, 6.45) is 0. The Morgan fingerprint density at radius 2 is 0.655 bits per heavy atom. The number of aromatic carboxylic acids is 2. The SMILES string of the molecule is CC(C)(C)c1cc(C(=O)Oc2ccc(C(=O)O)cc2)cc(C(C)(C)C)c1[O-].CC(C)(C)c1cc(C(=O)Oc2ccc(C(=O)O)cc2)cc(C(C)(C)C)c1[O-].[Mn+2]. The van der Waals surface area contributed by atoms with Gasteiger partial charge in [-0.3, -0.25) is 0 Å². The molecule has 0 saturated heterocycles. The molecule has 0 saturated carbocycles. The molecule has 2 N–H and O–H groups in total. The molecule has 4 aromatic rings. The topological polar surface area (TPSA) is 173 Å². The number of ether oxygens (including phenoxy) is 2. The Balaban J connectivity index is 0.000000373. The van der Waals surface area contributed by atoms with Crippen LogP contribution in [0, 0.1) is 0 Å². The van der Waals surface area contributed by atoms with Crippen molar-refractivity contribution in [2.75, 3.05) is 0 Å². The van der Waals surface area contributed by atoms with E-state index in [0.29, 0.717) is 33.4 Å². The minimum absolute atomic E-state index is 0. The third kappa shape index (κ3) is 11.9. The Hall–Kier alpha value is -5.12. The number of hydrogen-bond donors (Lipinski definition) is 2. The maximum absolute atomic E-state index is 12.9. The molecule has 0 aliphatic heterocycles. The van der Waals surface area contributed by atoms with Crippen LogP contribution in [0.4, 0.5) is 0 Å². The number of benzene rings is 4. The summed E-state index contributed by atoms with van der Waals surface area (Å²) in [6, 6.07) is 17.5. The van der Waals surface area contributed by atoms with Gasteiger partial charge >= 0.3 is 40.9 Å². The summed E-state index contributed by atoms with van der Waals surface area (Å²) in [4.78, 5) is 47.2. The van der Waals surface area contributed by atoms with Gasteiger partial charge in [0.05, 0.1) is 22.3 Å². The van der Waals surface area contributed by atoms with Crippen molar-refractivity contribution in [3.8, 4) is 23.0 Å². The van der Waals surface area contributed by atoms with Crippen molar-refractivity contribution in [1.29, 1.82) is 0 Å². The summed E-state index contributed by atoms with van der Waals surface area (Å²) in [5.74, 6) is -2.92. The molecule has 0 aromatic heterocycles. The number of esters is 2. The van der Waals surface area contributed by atoms with E-state index in [2.05, 4.69) is 0 Å². The molecule has 293 valence electrons. The number of carboxylic acid groups (broad SMARTS) is 2. The number of carbonyl (C=O) groups excluding carboxylic acids is 2. The second-order valence-electron chi connectivity index (χ2n) is 17.2. The van der Waals surface area contributed by atoms with E-state index in [0.717, 1.165) is 0 Å². The Morgan fingerprint density at radius 1 is 0.436 bits per heavy atom. The van der Waals surface area contributed by atoms with Crippen LogP contribution in [0.25, 0.3) is 0 Å². The van der Waals surface area contributed by atoms with Crippen LogP contribution >= 0.6 is 0 Å². The molecule has 10 nitrogen and oxygen atoms in total. The van der Waals surface area contributed by atoms with Crippen molar-refractivity contribution < 1.29 is 66.1 Å². The second kappa shape index (κ2) is 17.1. The molecule has 4 aromatic carbocycles. The first-order valence-electron chi connectivity index (χ1n) is 17.4. The maximum atomic E-state index is 12.9. The van der Waals surface area contributed by atoms with Crippen molar-refractivity contribution in [3.05, 3.63) is 117 Å². The van der Waals surface area contributed by atoms with E-state index in [-0.39, 0.29) is 51.2 Å². The zero-order valence-corrected chi connectivity index (χ0v) is 34.6. The quantitative estimate of drug-likeness (QED) is 0.109.